The first-order valence-corrected chi connectivity index (χ1v) is 6.51. The molecule has 2 unspecified atom stereocenters. The van der Waals surface area contributed by atoms with Crippen LogP contribution in [0, 0.1) is 11.8 Å². The molecular weight excluding hydrogens is 222 g/mol. The number of hydrogen-bond donors (Lipinski definition) is 1. The van der Waals surface area contributed by atoms with Gasteiger partial charge < -0.3 is 10.6 Å². The molecule has 1 aromatic heterocycles. The van der Waals surface area contributed by atoms with E-state index in [9.17, 15) is 0 Å². The molecule has 0 amide bonds. The highest BCUT2D eigenvalue weighted by Crippen LogP contribution is 2.39. The Bertz CT molecular complexity index is 579. The fourth-order valence-corrected chi connectivity index (χ4v) is 2.62. The molecule has 18 heavy (non-hydrogen) atoms. The van der Waals surface area contributed by atoms with Crippen molar-refractivity contribution in [2.75, 3.05) is 24.2 Å². The smallest absolute Gasteiger partial charge is 0.0951 e. The first kappa shape index (κ1) is 11.3. The van der Waals surface area contributed by atoms with Crippen molar-refractivity contribution in [3.8, 4) is 0 Å². The summed E-state index contributed by atoms with van der Waals surface area (Å²) in [5.41, 5.74) is 8.87. The number of anilines is 2. The van der Waals surface area contributed by atoms with Gasteiger partial charge in [-0.15, -0.1) is 0 Å². The van der Waals surface area contributed by atoms with Gasteiger partial charge in [0.25, 0.3) is 0 Å². The molecule has 0 bridgehead atoms. The van der Waals surface area contributed by atoms with Gasteiger partial charge in [-0.1, -0.05) is 6.92 Å². The van der Waals surface area contributed by atoms with Gasteiger partial charge in [0.2, 0.25) is 0 Å². The molecule has 1 aromatic carbocycles. The van der Waals surface area contributed by atoms with Crippen LogP contribution in [0.5, 0.6) is 0 Å². The normalized spacial score (nSPS) is 22.1. The second-order valence-electron chi connectivity index (χ2n) is 5.43. The SMILES string of the molecule is CC1CC1CN(C)c1ccc(N)c2ncccc12. The van der Waals surface area contributed by atoms with Crippen LogP contribution < -0.4 is 10.6 Å². The number of fused-ring (bicyclic) bond motifs is 1. The van der Waals surface area contributed by atoms with Crippen LogP contribution in [0.3, 0.4) is 0 Å². The van der Waals surface area contributed by atoms with E-state index in [2.05, 4.69) is 36.0 Å². The summed E-state index contributed by atoms with van der Waals surface area (Å²) in [6, 6.07) is 8.13. The first-order valence-electron chi connectivity index (χ1n) is 6.51. The summed E-state index contributed by atoms with van der Waals surface area (Å²) in [5.74, 6) is 1.73. The molecule has 2 aromatic rings. The Morgan fingerprint density at radius 3 is 2.89 bits per heavy atom. The summed E-state index contributed by atoms with van der Waals surface area (Å²) in [7, 11) is 2.16. The average Bonchev–Trinajstić information content (AvgIpc) is 3.05. The van der Waals surface area contributed by atoms with E-state index in [1.165, 1.54) is 12.1 Å². The molecule has 1 heterocycles. The van der Waals surface area contributed by atoms with E-state index in [0.29, 0.717) is 0 Å². The lowest BCUT2D eigenvalue weighted by atomic mass is 10.1. The van der Waals surface area contributed by atoms with Crippen molar-refractivity contribution < 1.29 is 0 Å². The van der Waals surface area contributed by atoms with E-state index < -0.39 is 0 Å². The second-order valence-corrected chi connectivity index (χ2v) is 5.43. The van der Waals surface area contributed by atoms with Crippen LogP contribution in [-0.4, -0.2) is 18.6 Å². The predicted molar refractivity (Wildman–Crippen MR) is 76.7 cm³/mol. The lowest BCUT2D eigenvalue weighted by Gasteiger charge is -2.21. The summed E-state index contributed by atoms with van der Waals surface area (Å²) in [6.45, 7) is 3.44. The van der Waals surface area contributed by atoms with E-state index in [-0.39, 0.29) is 0 Å². The molecule has 3 heteroatoms. The number of benzene rings is 1. The minimum absolute atomic E-state index is 0.752. The van der Waals surface area contributed by atoms with Gasteiger partial charge in [0.1, 0.15) is 0 Å². The molecule has 0 spiro atoms. The zero-order valence-electron chi connectivity index (χ0n) is 10.9. The van der Waals surface area contributed by atoms with Gasteiger partial charge in [-0.3, -0.25) is 4.98 Å². The van der Waals surface area contributed by atoms with Crippen LogP contribution in [-0.2, 0) is 0 Å². The largest absolute Gasteiger partial charge is 0.397 e. The van der Waals surface area contributed by atoms with Gasteiger partial charge >= 0.3 is 0 Å². The van der Waals surface area contributed by atoms with Crippen molar-refractivity contribution in [3.63, 3.8) is 0 Å². The zero-order chi connectivity index (χ0) is 12.7. The second kappa shape index (κ2) is 4.16. The van der Waals surface area contributed by atoms with Gasteiger partial charge in [-0.05, 0) is 42.5 Å². The third kappa shape index (κ3) is 1.90. The minimum Gasteiger partial charge on any atom is -0.397 e. The van der Waals surface area contributed by atoms with Crippen LogP contribution in [0.25, 0.3) is 10.9 Å². The van der Waals surface area contributed by atoms with Gasteiger partial charge in [-0.25, -0.2) is 0 Å². The summed E-state index contributed by atoms with van der Waals surface area (Å²) < 4.78 is 0. The highest BCUT2D eigenvalue weighted by atomic mass is 15.1. The van der Waals surface area contributed by atoms with Crippen molar-refractivity contribution in [1.82, 2.24) is 4.98 Å². The Hall–Kier alpha value is -1.77. The van der Waals surface area contributed by atoms with Gasteiger partial charge in [0, 0.05) is 30.9 Å². The van der Waals surface area contributed by atoms with Crippen LogP contribution in [0.1, 0.15) is 13.3 Å². The van der Waals surface area contributed by atoms with Gasteiger partial charge in [0.05, 0.1) is 11.2 Å². The lowest BCUT2D eigenvalue weighted by molar-refractivity contribution is 0.727. The quantitative estimate of drug-likeness (QED) is 0.840. The van der Waals surface area contributed by atoms with Crippen LogP contribution in [0.4, 0.5) is 11.4 Å². The fraction of sp³-hybridized carbons (Fsp3) is 0.400. The Balaban J connectivity index is 1.98. The molecule has 1 saturated carbocycles. The monoisotopic (exact) mass is 241 g/mol. The molecule has 0 radical (unpaired) electrons. The van der Waals surface area contributed by atoms with E-state index in [4.69, 9.17) is 5.73 Å². The maximum Gasteiger partial charge on any atom is 0.0951 e. The van der Waals surface area contributed by atoms with Gasteiger partial charge in [-0.2, -0.15) is 0 Å². The molecule has 2 N–H and O–H groups in total. The third-order valence-electron chi connectivity index (χ3n) is 3.97. The average molecular weight is 241 g/mol. The minimum atomic E-state index is 0.752. The maximum atomic E-state index is 5.98. The topological polar surface area (TPSA) is 42.1 Å². The predicted octanol–water partition coefficient (Wildman–Crippen LogP) is 2.91. The standard InChI is InChI=1S/C15H19N3/c1-10-8-11(10)9-18(2)14-6-5-13(16)15-12(14)4-3-7-17-15/h3-7,10-11H,8-9,16H2,1-2H3. The van der Waals surface area contributed by atoms with Crippen LogP contribution in [0.15, 0.2) is 30.5 Å². The van der Waals surface area contributed by atoms with Crippen molar-refractivity contribution in [1.29, 1.82) is 0 Å². The molecule has 94 valence electrons. The molecule has 1 aliphatic carbocycles. The Morgan fingerprint density at radius 1 is 1.39 bits per heavy atom. The molecule has 2 atom stereocenters. The van der Waals surface area contributed by atoms with E-state index in [0.717, 1.165) is 35.0 Å². The first-order chi connectivity index (χ1) is 8.66. The summed E-state index contributed by atoms with van der Waals surface area (Å²) in [4.78, 5) is 6.71. The number of rotatable bonds is 3. The molecule has 3 nitrogen and oxygen atoms in total. The van der Waals surface area contributed by atoms with Crippen LogP contribution >= 0.6 is 0 Å². The van der Waals surface area contributed by atoms with Crippen LogP contribution in [0.2, 0.25) is 0 Å². The van der Waals surface area contributed by atoms with Crippen molar-refractivity contribution in [3.05, 3.63) is 30.5 Å². The molecule has 3 rings (SSSR count). The van der Waals surface area contributed by atoms with E-state index in [1.807, 2.05) is 12.1 Å². The Kier molecular flexibility index (Phi) is 2.62. The highest BCUT2D eigenvalue weighted by Gasteiger charge is 2.33. The summed E-state index contributed by atoms with van der Waals surface area (Å²) in [6.07, 6.45) is 3.15. The molecule has 1 fully saturated rings. The molecule has 0 aliphatic heterocycles. The number of pyridine rings is 1. The number of nitrogens with zero attached hydrogens (tertiary/aromatic N) is 2. The van der Waals surface area contributed by atoms with Gasteiger partial charge in [0.15, 0.2) is 0 Å². The number of nitrogens with two attached hydrogens (primary N) is 1. The Labute approximate surface area is 108 Å². The summed E-state index contributed by atoms with van der Waals surface area (Å²) >= 11 is 0. The molecule has 1 aliphatic rings. The number of aromatic nitrogens is 1. The maximum absolute atomic E-state index is 5.98. The zero-order valence-corrected chi connectivity index (χ0v) is 10.9. The van der Waals surface area contributed by atoms with E-state index >= 15 is 0 Å². The lowest BCUT2D eigenvalue weighted by Crippen LogP contribution is -2.20. The summed E-state index contributed by atoms with van der Waals surface area (Å²) in [5, 5.41) is 1.15. The third-order valence-corrected chi connectivity index (χ3v) is 3.97. The molecular formula is C15H19N3. The Morgan fingerprint density at radius 2 is 2.17 bits per heavy atom. The van der Waals surface area contributed by atoms with Crippen molar-refractivity contribution in [2.24, 2.45) is 11.8 Å². The highest BCUT2D eigenvalue weighted by molar-refractivity contribution is 5.98. The number of nitrogen functional groups attached to an aromatic ring is 1. The van der Waals surface area contributed by atoms with Crippen molar-refractivity contribution in [2.45, 2.75) is 13.3 Å². The van der Waals surface area contributed by atoms with E-state index in [1.54, 1.807) is 6.20 Å². The number of hydrogen-bond acceptors (Lipinski definition) is 3. The fourth-order valence-electron chi connectivity index (χ4n) is 2.62. The van der Waals surface area contributed by atoms with Crippen molar-refractivity contribution >= 4 is 22.3 Å². The molecule has 0 saturated heterocycles.